The Kier molecular flexibility index (Phi) is 6.31. The fourth-order valence-corrected chi connectivity index (χ4v) is 4.20. The van der Waals surface area contributed by atoms with Crippen LogP contribution in [0.2, 0.25) is 0 Å². The lowest BCUT2D eigenvalue weighted by Gasteiger charge is -2.31. The number of allylic oxidation sites excluding steroid dienone is 3. The van der Waals surface area contributed by atoms with E-state index in [1.165, 1.54) is 30.4 Å². The predicted octanol–water partition coefficient (Wildman–Crippen LogP) is 4.20. The van der Waals surface area contributed by atoms with E-state index in [2.05, 4.69) is 15.6 Å². The van der Waals surface area contributed by atoms with E-state index in [0.29, 0.717) is 35.8 Å². The molecule has 0 bridgehead atoms. The van der Waals surface area contributed by atoms with Crippen molar-refractivity contribution in [3.8, 4) is 0 Å². The minimum atomic E-state index is -4.28. The molecule has 0 radical (unpaired) electrons. The van der Waals surface area contributed by atoms with E-state index < -0.39 is 11.6 Å². The molecule has 30 heavy (non-hydrogen) atoms. The number of nitrogen functional groups attached to an aromatic ring is 1. The molecule has 0 fully saturated rings. The molecule has 0 saturated carbocycles. The molecule has 9 heteroatoms. The fraction of sp³-hybridized carbons (Fsp3) is 0.524. The number of nitrogens with zero attached hydrogens (tertiary/aromatic N) is 1. The molecule has 2 aliphatic carbocycles. The number of hydrogen-bond acceptors (Lipinski definition) is 5. The number of carbonyl (C=O) groups excluding carboxylic acids is 1. The third kappa shape index (κ3) is 4.88. The third-order valence-corrected chi connectivity index (χ3v) is 6.52. The predicted molar refractivity (Wildman–Crippen MR) is 114 cm³/mol. The summed E-state index contributed by atoms with van der Waals surface area (Å²) in [5.74, 6) is 0.0137. The van der Waals surface area contributed by atoms with Gasteiger partial charge in [-0.05, 0) is 44.3 Å². The lowest BCUT2D eigenvalue weighted by atomic mass is 9.82. The minimum Gasteiger partial charge on any atom is -0.383 e. The van der Waals surface area contributed by atoms with E-state index in [1.807, 2.05) is 19.9 Å². The van der Waals surface area contributed by atoms with Gasteiger partial charge in [0.05, 0.1) is 16.0 Å². The van der Waals surface area contributed by atoms with Crippen LogP contribution in [0.3, 0.4) is 0 Å². The molecule has 164 valence electrons. The molecule has 0 spiro atoms. The van der Waals surface area contributed by atoms with Gasteiger partial charge in [0.15, 0.2) is 5.13 Å². The molecule has 1 aromatic heterocycles. The lowest BCUT2D eigenvalue weighted by molar-refractivity contribution is -0.199. The van der Waals surface area contributed by atoms with Gasteiger partial charge in [-0.3, -0.25) is 4.79 Å². The molecule has 2 atom stereocenters. The number of rotatable bonds is 6. The molecule has 1 amide bonds. The molecule has 5 nitrogen and oxygen atoms in total. The van der Waals surface area contributed by atoms with Crippen molar-refractivity contribution in [3.05, 3.63) is 40.1 Å². The molecule has 2 aliphatic rings. The van der Waals surface area contributed by atoms with E-state index in [-0.39, 0.29) is 24.3 Å². The number of thiazole rings is 1. The van der Waals surface area contributed by atoms with Crippen LogP contribution in [-0.4, -0.2) is 29.7 Å². The Hall–Kier alpha value is -2.29. The largest absolute Gasteiger partial charge is 0.397 e. The zero-order valence-electron chi connectivity index (χ0n) is 17.3. The maximum absolute atomic E-state index is 13.1. The summed E-state index contributed by atoms with van der Waals surface area (Å²) in [4.78, 5) is 18.0. The summed E-state index contributed by atoms with van der Waals surface area (Å²) in [6.45, 7) is 5.60. The molecule has 1 heterocycles. The van der Waals surface area contributed by atoms with Crippen molar-refractivity contribution in [1.82, 2.24) is 15.6 Å². The Morgan fingerprint density at radius 1 is 1.37 bits per heavy atom. The standard InChI is InChI=1S/C21H27F3N4OS/c1-12(2)16(11-26-14-6-8-20(3,9-7-14)21(22,23)24)27-18(29)13-4-5-15-17(10-13)30-19(25)28-15/h6-8,10,12,16,26H,4-5,9,11H2,1-3H3,(H2,25,28)(H,27,29)/t16-,20?/m1/s1. The summed E-state index contributed by atoms with van der Waals surface area (Å²) in [6, 6.07) is -0.170. The van der Waals surface area contributed by atoms with E-state index >= 15 is 0 Å². The number of amides is 1. The van der Waals surface area contributed by atoms with Crippen molar-refractivity contribution < 1.29 is 18.0 Å². The summed E-state index contributed by atoms with van der Waals surface area (Å²) < 4.78 is 39.4. The zero-order chi connectivity index (χ0) is 22.1. The summed E-state index contributed by atoms with van der Waals surface area (Å²) >= 11 is 1.37. The number of alkyl halides is 3. The molecule has 0 aromatic carbocycles. The first kappa shape index (κ1) is 22.4. The lowest BCUT2D eigenvalue weighted by Crippen LogP contribution is -2.46. The highest BCUT2D eigenvalue weighted by molar-refractivity contribution is 7.16. The molecule has 0 aliphatic heterocycles. The topological polar surface area (TPSA) is 80.0 Å². The van der Waals surface area contributed by atoms with Crippen molar-refractivity contribution >= 4 is 28.5 Å². The van der Waals surface area contributed by atoms with Gasteiger partial charge >= 0.3 is 6.18 Å². The highest BCUT2D eigenvalue weighted by Crippen LogP contribution is 2.44. The van der Waals surface area contributed by atoms with Gasteiger partial charge in [0, 0.05) is 23.9 Å². The van der Waals surface area contributed by atoms with Crippen LogP contribution in [0, 0.1) is 11.3 Å². The van der Waals surface area contributed by atoms with Crippen LogP contribution in [0.15, 0.2) is 29.5 Å². The maximum Gasteiger partial charge on any atom is 0.397 e. The van der Waals surface area contributed by atoms with E-state index in [1.54, 1.807) is 6.08 Å². The van der Waals surface area contributed by atoms with Crippen LogP contribution in [0.1, 0.15) is 44.2 Å². The number of nitrogens with one attached hydrogen (secondary N) is 2. The van der Waals surface area contributed by atoms with Crippen molar-refractivity contribution in [2.75, 3.05) is 12.3 Å². The fourth-order valence-electron chi connectivity index (χ4n) is 3.35. The van der Waals surface area contributed by atoms with Gasteiger partial charge < -0.3 is 16.4 Å². The molecule has 1 aromatic rings. The smallest absolute Gasteiger partial charge is 0.383 e. The maximum atomic E-state index is 13.1. The summed E-state index contributed by atoms with van der Waals surface area (Å²) in [5, 5.41) is 6.72. The van der Waals surface area contributed by atoms with Crippen LogP contribution in [0.5, 0.6) is 0 Å². The second-order valence-electron chi connectivity index (χ2n) is 8.35. The van der Waals surface area contributed by atoms with Crippen molar-refractivity contribution in [1.29, 1.82) is 0 Å². The molecule has 1 unspecified atom stereocenters. The SMILES string of the molecule is CC(C)[C@@H](CNC1=CCC(C)(C(F)(F)F)C=C1)NC(=O)C1=Cc2sc(N)nc2CC1. The van der Waals surface area contributed by atoms with Crippen LogP contribution in [-0.2, 0) is 11.2 Å². The van der Waals surface area contributed by atoms with Crippen LogP contribution >= 0.6 is 11.3 Å². The van der Waals surface area contributed by atoms with Gasteiger partial charge in [-0.25, -0.2) is 4.98 Å². The number of aromatic nitrogens is 1. The van der Waals surface area contributed by atoms with Crippen LogP contribution in [0.25, 0.3) is 6.08 Å². The zero-order valence-corrected chi connectivity index (χ0v) is 18.1. The first-order chi connectivity index (χ1) is 14.0. The van der Waals surface area contributed by atoms with Gasteiger partial charge in [-0.1, -0.05) is 37.3 Å². The van der Waals surface area contributed by atoms with Gasteiger partial charge in [0.1, 0.15) is 0 Å². The summed E-state index contributed by atoms with van der Waals surface area (Å²) in [6.07, 6.45) is 2.97. The number of aryl methyl sites for hydroxylation is 1. The third-order valence-electron chi connectivity index (χ3n) is 5.64. The van der Waals surface area contributed by atoms with Gasteiger partial charge in [-0.2, -0.15) is 13.2 Å². The second kappa shape index (κ2) is 8.45. The highest BCUT2D eigenvalue weighted by atomic mass is 32.1. The Morgan fingerprint density at radius 3 is 2.70 bits per heavy atom. The summed E-state index contributed by atoms with van der Waals surface area (Å²) in [7, 11) is 0. The first-order valence-electron chi connectivity index (χ1n) is 9.95. The van der Waals surface area contributed by atoms with E-state index in [9.17, 15) is 18.0 Å². The van der Waals surface area contributed by atoms with Crippen molar-refractivity contribution in [2.45, 2.75) is 52.3 Å². The van der Waals surface area contributed by atoms with Gasteiger partial charge in [0.2, 0.25) is 5.91 Å². The monoisotopic (exact) mass is 440 g/mol. The Balaban J connectivity index is 1.59. The van der Waals surface area contributed by atoms with Crippen LogP contribution in [0.4, 0.5) is 18.3 Å². The molecule has 3 rings (SSSR count). The number of nitrogens with two attached hydrogens (primary N) is 1. The number of anilines is 1. The second-order valence-corrected chi connectivity index (χ2v) is 9.41. The first-order valence-corrected chi connectivity index (χ1v) is 10.8. The van der Waals surface area contributed by atoms with Crippen molar-refractivity contribution in [2.24, 2.45) is 11.3 Å². The van der Waals surface area contributed by atoms with Crippen LogP contribution < -0.4 is 16.4 Å². The Labute approximate surface area is 178 Å². The molecule has 0 saturated heterocycles. The number of halogens is 3. The molecular formula is C21H27F3N4OS. The van der Waals surface area contributed by atoms with Gasteiger partial charge in [0.25, 0.3) is 0 Å². The van der Waals surface area contributed by atoms with E-state index in [0.717, 1.165) is 10.6 Å². The van der Waals surface area contributed by atoms with Gasteiger partial charge in [-0.15, -0.1) is 0 Å². The van der Waals surface area contributed by atoms with Crippen molar-refractivity contribution in [3.63, 3.8) is 0 Å². The van der Waals surface area contributed by atoms with E-state index in [4.69, 9.17) is 5.73 Å². The molecular weight excluding hydrogens is 413 g/mol. The minimum absolute atomic E-state index is 0.110. The summed E-state index contributed by atoms with van der Waals surface area (Å²) in [5.41, 5.74) is 6.17. The average Bonchev–Trinajstić information content (AvgIpc) is 3.04. The Morgan fingerprint density at radius 2 is 2.10 bits per heavy atom. The number of hydrogen-bond donors (Lipinski definition) is 3. The molecule has 4 N–H and O–H groups in total. The Bertz CT molecular complexity index is 901. The number of fused-ring (bicyclic) bond motifs is 1. The quantitative estimate of drug-likeness (QED) is 0.620. The average molecular weight is 441 g/mol. The highest BCUT2D eigenvalue weighted by Gasteiger charge is 2.49. The normalized spacial score (nSPS) is 22.2. The number of carbonyl (C=O) groups is 1.